The van der Waals surface area contributed by atoms with Gasteiger partial charge in [-0.2, -0.15) is 0 Å². The van der Waals surface area contributed by atoms with Gasteiger partial charge in [0.2, 0.25) is 0 Å². The zero-order valence-electron chi connectivity index (χ0n) is 7.94. The van der Waals surface area contributed by atoms with Crippen LogP contribution in [0.4, 0.5) is 0 Å². The highest BCUT2D eigenvalue weighted by molar-refractivity contribution is 4.97. The summed E-state index contributed by atoms with van der Waals surface area (Å²) < 4.78 is 0. The zero-order chi connectivity index (χ0) is 8.57. The molecule has 0 aliphatic heterocycles. The smallest absolute Gasteiger partial charge is 0.0197 e. The van der Waals surface area contributed by atoms with Crippen LogP contribution in [0.1, 0.15) is 41.0 Å². The Morgan fingerprint density at radius 2 is 1.70 bits per heavy atom. The van der Waals surface area contributed by atoms with Crippen LogP contribution in [-0.4, -0.2) is 6.04 Å². The summed E-state index contributed by atoms with van der Waals surface area (Å²) in [6, 6.07) is 0.213. The molecule has 0 radical (unpaired) electrons. The Balaban J connectivity index is 0. The van der Waals surface area contributed by atoms with E-state index in [2.05, 4.69) is 13.8 Å². The first-order chi connectivity index (χ1) is 4.54. The van der Waals surface area contributed by atoms with E-state index >= 15 is 0 Å². The van der Waals surface area contributed by atoms with Crippen LogP contribution in [0.15, 0.2) is 11.6 Å². The van der Waals surface area contributed by atoms with Crippen molar-refractivity contribution in [2.45, 2.75) is 47.1 Å². The summed E-state index contributed by atoms with van der Waals surface area (Å²) in [5.74, 6) is 0. The van der Waals surface area contributed by atoms with Crippen molar-refractivity contribution in [1.82, 2.24) is 0 Å². The van der Waals surface area contributed by atoms with Crippen LogP contribution < -0.4 is 5.73 Å². The van der Waals surface area contributed by atoms with Crippen molar-refractivity contribution in [1.29, 1.82) is 0 Å². The molecule has 0 amide bonds. The van der Waals surface area contributed by atoms with Gasteiger partial charge >= 0.3 is 0 Å². The first kappa shape index (κ1) is 12.4. The molecule has 0 saturated heterocycles. The predicted octanol–water partition coefficient (Wildman–Crippen LogP) is 2.72. The van der Waals surface area contributed by atoms with Crippen LogP contribution >= 0.6 is 0 Å². The average Bonchev–Trinajstić information content (AvgIpc) is 1.62. The quantitative estimate of drug-likeness (QED) is 0.561. The Morgan fingerprint density at radius 1 is 1.40 bits per heavy atom. The van der Waals surface area contributed by atoms with Crippen molar-refractivity contribution in [2.75, 3.05) is 0 Å². The summed E-state index contributed by atoms with van der Waals surface area (Å²) in [5, 5.41) is 0. The number of hydrogen-bond donors (Lipinski definition) is 1. The SMILES string of the molecule is CC(C)=CC(C)N.CCC. The topological polar surface area (TPSA) is 26.0 Å². The van der Waals surface area contributed by atoms with Crippen molar-refractivity contribution in [3.05, 3.63) is 11.6 Å². The molecule has 1 atom stereocenters. The molecule has 1 heteroatoms. The third-order valence-electron chi connectivity index (χ3n) is 0.596. The van der Waals surface area contributed by atoms with Gasteiger partial charge in [-0.15, -0.1) is 0 Å². The molecule has 0 rings (SSSR count). The number of allylic oxidation sites excluding steroid dienone is 1. The molecule has 0 spiro atoms. The number of hydrogen-bond acceptors (Lipinski definition) is 1. The maximum absolute atomic E-state index is 5.42. The molecule has 0 aliphatic carbocycles. The lowest BCUT2D eigenvalue weighted by atomic mass is 10.2. The molecule has 0 fully saturated rings. The van der Waals surface area contributed by atoms with Gasteiger partial charge in [0, 0.05) is 6.04 Å². The third kappa shape index (κ3) is 25.2. The second kappa shape index (κ2) is 8.70. The molecule has 2 N–H and O–H groups in total. The van der Waals surface area contributed by atoms with E-state index in [0.717, 1.165) is 0 Å². The minimum Gasteiger partial charge on any atom is -0.325 e. The van der Waals surface area contributed by atoms with Gasteiger partial charge in [0.05, 0.1) is 0 Å². The van der Waals surface area contributed by atoms with Gasteiger partial charge in [0.1, 0.15) is 0 Å². The minimum atomic E-state index is 0.213. The standard InChI is InChI=1S/C6H13N.C3H8/c1-5(2)4-6(3)7;1-3-2/h4,6H,7H2,1-3H3;3H2,1-2H3. The largest absolute Gasteiger partial charge is 0.325 e. The number of rotatable bonds is 1. The first-order valence-electron chi connectivity index (χ1n) is 3.95. The maximum Gasteiger partial charge on any atom is 0.0197 e. The van der Waals surface area contributed by atoms with Gasteiger partial charge in [0.25, 0.3) is 0 Å². The predicted molar refractivity (Wildman–Crippen MR) is 49.0 cm³/mol. The zero-order valence-corrected chi connectivity index (χ0v) is 7.94. The molecule has 0 aliphatic rings. The Bertz CT molecular complexity index is 78.7. The summed E-state index contributed by atoms with van der Waals surface area (Å²) >= 11 is 0. The van der Waals surface area contributed by atoms with E-state index in [-0.39, 0.29) is 6.04 Å². The number of nitrogens with two attached hydrogens (primary N) is 1. The molecule has 0 heterocycles. The molecule has 1 unspecified atom stereocenters. The van der Waals surface area contributed by atoms with E-state index in [9.17, 15) is 0 Å². The summed E-state index contributed by atoms with van der Waals surface area (Å²) in [6.45, 7) is 10.3. The maximum atomic E-state index is 5.42. The Labute approximate surface area is 65.3 Å². The lowest BCUT2D eigenvalue weighted by Gasteiger charge is -1.93. The van der Waals surface area contributed by atoms with E-state index < -0.39 is 0 Å². The van der Waals surface area contributed by atoms with Crippen LogP contribution in [0.25, 0.3) is 0 Å². The molecule has 0 aromatic heterocycles. The van der Waals surface area contributed by atoms with E-state index in [0.29, 0.717) is 0 Å². The highest BCUT2D eigenvalue weighted by atomic mass is 14.6. The third-order valence-corrected chi connectivity index (χ3v) is 0.596. The van der Waals surface area contributed by atoms with Crippen molar-refractivity contribution in [3.63, 3.8) is 0 Å². The van der Waals surface area contributed by atoms with Crippen LogP contribution in [0, 0.1) is 0 Å². The second-order valence-corrected chi connectivity index (χ2v) is 2.81. The Hall–Kier alpha value is -0.300. The molecule has 0 bridgehead atoms. The molecule has 0 aromatic carbocycles. The Morgan fingerprint density at radius 3 is 1.70 bits per heavy atom. The highest BCUT2D eigenvalue weighted by Gasteiger charge is 1.82. The molecular formula is C9H21N. The van der Waals surface area contributed by atoms with Crippen LogP contribution in [-0.2, 0) is 0 Å². The molecular weight excluding hydrogens is 122 g/mol. The van der Waals surface area contributed by atoms with Crippen molar-refractivity contribution < 1.29 is 0 Å². The fraction of sp³-hybridized carbons (Fsp3) is 0.778. The van der Waals surface area contributed by atoms with Gasteiger partial charge in [0.15, 0.2) is 0 Å². The minimum absolute atomic E-state index is 0.213. The second-order valence-electron chi connectivity index (χ2n) is 2.81. The molecule has 0 saturated carbocycles. The molecule has 1 nitrogen and oxygen atoms in total. The lowest BCUT2D eigenvalue weighted by Crippen LogP contribution is -2.10. The van der Waals surface area contributed by atoms with E-state index in [4.69, 9.17) is 5.73 Å². The molecule has 0 aromatic rings. The van der Waals surface area contributed by atoms with Gasteiger partial charge in [-0.1, -0.05) is 31.9 Å². The first-order valence-corrected chi connectivity index (χ1v) is 3.95. The van der Waals surface area contributed by atoms with Crippen molar-refractivity contribution >= 4 is 0 Å². The summed E-state index contributed by atoms with van der Waals surface area (Å²) in [7, 11) is 0. The monoisotopic (exact) mass is 143 g/mol. The highest BCUT2D eigenvalue weighted by Crippen LogP contribution is 1.88. The lowest BCUT2D eigenvalue weighted by molar-refractivity contribution is 0.914. The fourth-order valence-corrected chi connectivity index (χ4v) is 0.526. The van der Waals surface area contributed by atoms with Crippen molar-refractivity contribution in [2.24, 2.45) is 5.73 Å². The Kier molecular flexibility index (Phi) is 10.8. The molecule has 62 valence electrons. The van der Waals surface area contributed by atoms with Gasteiger partial charge in [-0.25, -0.2) is 0 Å². The molecule has 10 heavy (non-hydrogen) atoms. The van der Waals surface area contributed by atoms with Gasteiger partial charge < -0.3 is 5.73 Å². The van der Waals surface area contributed by atoms with Crippen LogP contribution in [0.5, 0.6) is 0 Å². The normalized spacial score (nSPS) is 11.0. The van der Waals surface area contributed by atoms with E-state index in [1.807, 2.05) is 26.8 Å². The summed E-state index contributed by atoms with van der Waals surface area (Å²) in [5.41, 5.74) is 6.70. The van der Waals surface area contributed by atoms with E-state index in [1.54, 1.807) is 0 Å². The van der Waals surface area contributed by atoms with E-state index in [1.165, 1.54) is 12.0 Å². The van der Waals surface area contributed by atoms with Crippen molar-refractivity contribution in [3.8, 4) is 0 Å². The summed E-state index contributed by atoms with van der Waals surface area (Å²) in [6.07, 6.45) is 3.28. The van der Waals surface area contributed by atoms with Gasteiger partial charge in [-0.05, 0) is 20.8 Å². The van der Waals surface area contributed by atoms with Gasteiger partial charge in [-0.3, -0.25) is 0 Å². The average molecular weight is 143 g/mol. The summed E-state index contributed by atoms with van der Waals surface area (Å²) in [4.78, 5) is 0. The van der Waals surface area contributed by atoms with Crippen LogP contribution in [0.2, 0.25) is 0 Å². The fourth-order valence-electron chi connectivity index (χ4n) is 0.526. The van der Waals surface area contributed by atoms with Crippen LogP contribution in [0.3, 0.4) is 0 Å².